The average Bonchev–Trinajstić information content (AvgIpc) is 2.35. The fourth-order valence-corrected chi connectivity index (χ4v) is 2.08. The van der Waals surface area contributed by atoms with E-state index in [9.17, 15) is 28.2 Å². The number of aromatic hydroxyl groups is 1. The van der Waals surface area contributed by atoms with Crippen molar-refractivity contribution in [2.45, 2.75) is 44.9 Å². The smallest absolute Gasteiger partial charge is 0.430 e. The van der Waals surface area contributed by atoms with E-state index in [2.05, 4.69) is 0 Å². The van der Waals surface area contributed by atoms with Gasteiger partial charge in [0.1, 0.15) is 5.75 Å². The second-order valence-corrected chi connectivity index (χ2v) is 5.15. The van der Waals surface area contributed by atoms with Gasteiger partial charge in [-0.2, -0.15) is 13.2 Å². The third-order valence-corrected chi connectivity index (χ3v) is 3.41. The highest BCUT2D eigenvalue weighted by molar-refractivity contribution is 5.86. The number of phenols is 1. The Balaban J connectivity index is 3.69. The van der Waals surface area contributed by atoms with E-state index in [4.69, 9.17) is 5.73 Å². The Bertz CT molecular complexity index is 555. The Morgan fingerprint density at radius 2 is 1.86 bits per heavy atom. The van der Waals surface area contributed by atoms with Crippen molar-refractivity contribution < 1.29 is 28.2 Å². The summed E-state index contributed by atoms with van der Waals surface area (Å²) in [5, 5.41) is 19.8. The van der Waals surface area contributed by atoms with Gasteiger partial charge >= 0.3 is 6.18 Å². The fraction of sp³-hybridized carbons (Fsp3) is 0.500. The van der Waals surface area contributed by atoms with Gasteiger partial charge in [0.15, 0.2) is 0 Å². The molecule has 21 heavy (non-hydrogen) atoms. The van der Waals surface area contributed by atoms with Crippen molar-refractivity contribution >= 4 is 5.91 Å². The first-order valence-electron chi connectivity index (χ1n) is 6.42. The standard InChI is InChI=1S/C14H18F3NO3/c1-4-8-5-9(6-10(7(2)3)11(8)19)13(21,12(18)20)14(15,16)17/h5-7,19,21H,4H2,1-3H3,(H2,18,20). The molecule has 0 aromatic heterocycles. The highest BCUT2D eigenvalue weighted by atomic mass is 19.4. The van der Waals surface area contributed by atoms with Crippen LogP contribution in [-0.2, 0) is 16.8 Å². The third kappa shape index (κ3) is 2.83. The van der Waals surface area contributed by atoms with Gasteiger partial charge in [0.05, 0.1) is 0 Å². The summed E-state index contributed by atoms with van der Waals surface area (Å²) >= 11 is 0. The Hall–Kier alpha value is -1.76. The first-order chi connectivity index (χ1) is 9.46. The largest absolute Gasteiger partial charge is 0.507 e. The number of halogens is 3. The highest BCUT2D eigenvalue weighted by Crippen LogP contribution is 2.42. The summed E-state index contributed by atoms with van der Waals surface area (Å²) < 4.78 is 39.3. The number of aliphatic hydroxyl groups is 1. The van der Waals surface area contributed by atoms with Crippen molar-refractivity contribution in [1.29, 1.82) is 0 Å². The summed E-state index contributed by atoms with van der Waals surface area (Å²) in [5.41, 5.74) is 0.735. The van der Waals surface area contributed by atoms with E-state index < -0.39 is 23.2 Å². The van der Waals surface area contributed by atoms with E-state index in [1.165, 1.54) is 0 Å². The first kappa shape index (κ1) is 17.3. The van der Waals surface area contributed by atoms with E-state index in [1.807, 2.05) is 0 Å². The fourth-order valence-electron chi connectivity index (χ4n) is 2.08. The molecule has 0 saturated carbocycles. The summed E-state index contributed by atoms with van der Waals surface area (Å²) in [5.74, 6) is -2.33. The van der Waals surface area contributed by atoms with E-state index >= 15 is 0 Å². The maximum Gasteiger partial charge on any atom is 0.430 e. The molecule has 0 heterocycles. The topological polar surface area (TPSA) is 83.5 Å². The van der Waals surface area contributed by atoms with Gasteiger partial charge in [0, 0.05) is 5.56 Å². The average molecular weight is 305 g/mol. The number of nitrogens with two attached hydrogens (primary N) is 1. The van der Waals surface area contributed by atoms with Crippen molar-refractivity contribution in [2.75, 3.05) is 0 Å². The van der Waals surface area contributed by atoms with Gasteiger partial charge in [-0.1, -0.05) is 20.8 Å². The number of rotatable bonds is 4. The van der Waals surface area contributed by atoms with Crippen LogP contribution in [0.1, 0.15) is 43.4 Å². The lowest BCUT2D eigenvalue weighted by molar-refractivity contribution is -0.255. The number of carbonyl (C=O) groups is 1. The van der Waals surface area contributed by atoms with Crippen LogP contribution in [-0.4, -0.2) is 22.3 Å². The number of hydrogen-bond acceptors (Lipinski definition) is 3. The molecule has 0 fully saturated rings. The summed E-state index contributed by atoms with van der Waals surface area (Å²) in [7, 11) is 0. The van der Waals surface area contributed by atoms with Gasteiger partial charge < -0.3 is 15.9 Å². The van der Waals surface area contributed by atoms with Crippen molar-refractivity contribution in [2.24, 2.45) is 5.73 Å². The second kappa shape index (κ2) is 5.55. The Labute approximate surface area is 120 Å². The zero-order chi connectivity index (χ0) is 16.6. The predicted octanol–water partition coefficient (Wildman–Crippen LogP) is 2.31. The zero-order valence-corrected chi connectivity index (χ0v) is 12.0. The van der Waals surface area contributed by atoms with Crippen LogP contribution in [0.3, 0.4) is 0 Å². The van der Waals surface area contributed by atoms with Crippen LogP contribution in [0, 0.1) is 0 Å². The minimum absolute atomic E-state index is 0.134. The minimum Gasteiger partial charge on any atom is -0.507 e. The molecule has 1 aromatic rings. The number of hydrogen-bond donors (Lipinski definition) is 3. The SMILES string of the molecule is CCc1cc(C(O)(C(N)=O)C(F)(F)F)cc(C(C)C)c1O. The Morgan fingerprint density at radius 1 is 1.33 bits per heavy atom. The van der Waals surface area contributed by atoms with Crippen molar-refractivity contribution in [3.8, 4) is 5.75 Å². The van der Waals surface area contributed by atoms with Crippen LogP contribution in [0.2, 0.25) is 0 Å². The van der Waals surface area contributed by atoms with Crippen LogP contribution in [0.5, 0.6) is 5.75 Å². The molecular formula is C14H18F3NO3. The number of alkyl halides is 3. The molecule has 1 rings (SSSR count). The lowest BCUT2D eigenvalue weighted by Crippen LogP contribution is -2.52. The first-order valence-corrected chi connectivity index (χ1v) is 6.42. The molecule has 0 saturated heterocycles. The van der Waals surface area contributed by atoms with Crippen molar-refractivity contribution in [1.82, 2.24) is 0 Å². The molecule has 0 spiro atoms. The molecule has 1 aromatic carbocycles. The molecule has 7 heteroatoms. The van der Waals surface area contributed by atoms with Crippen LogP contribution >= 0.6 is 0 Å². The van der Waals surface area contributed by atoms with Crippen LogP contribution in [0.25, 0.3) is 0 Å². The minimum atomic E-state index is -5.25. The quantitative estimate of drug-likeness (QED) is 0.798. The van der Waals surface area contributed by atoms with Gasteiger partial charge in [-0.05, 0) is 35.6 Å². The Morgan fingerprint density at radius 3 is 2.19 bits per heavy atom. The van der Waals surface area contributed by atoms with Gasteiger partial charge in [0.2, 0.25) is 0 Å². The van der Waals surface area contributed by atoms with Gasteiger partial charge in [-0.15, -0.1) is 0 Å². The van der Waals surface area contributed by atoms with Gasteiger partial charge in [0.25, 0.3) is 11.5 Å². The number of carbonyl (C=O) groups excluding carboxylic acids is 1. The maximum absolute atomic E-state index is 13.1. The number of phenolic OH excluding ortho intramolecular Hbond substituents is 1. The van der Waals surface area contributed by atoms with E-state index in [1.54, 1.807) is 20.8 Å². The maximum atomic E-state index is 13.1. The van der Waals surface area contributed by atoms with Crippen molar-refractivity contribution in [3.05, 3.63) is 28.8 Å². The van der Waals surface area contributed by atoms with Gasteiger partial charge in [-0.25, -0.2) is 0 Å². The van der Waals surface area contributed by atoms with Crippen LogP contribution in [0.15, 0.2) is 12.1 Å². The van der Waals surface area contributed by atoms with E-state index in [0.29, 0.717) is 0 Å². The molecular weight excluding hydrogens is 287 g/mol. The number of primary amides is 1. The highest BCUT2D eigenvalue weighted by Gasteiger charge is 2.60. The summed E-state index contributed by atoms with van der Waals surface area (Å²) in [6.07, 6.45) is -5.01. The summed E-state index contributed by atoms with van der Waals surface area (Å²) in [6, 6.07) is 1.93. The summed E-state index contributed by atoms with van der Waals surface area (Å²) in [6.45, 7) is 4.99. The number of amides is 1. The molecule has 0 aliphatic rings. The number of aryl methyl sites for hydroxylation is 1. The van der Waals surface area contributed by atoms with Crippen LogP contribution < -0.4 is 5.73 Å². The molecule has 118 valence electrons. The molecule has 0 bridgehead atoms. The summed E-state index contributed by atoms with van der Waals surface area (Å²) in [4.78, 5) is 11.2. The van der Waals surface area contributed by atoms with E-state index in [-0.39, 0.29) is 29.2 Å². The molecule has 0 radical (unpaired) electrons. The predicted molar refractivity (Wildman–Crippen MR) is 70.7 cm³/mol. The molecule has 1 amide bonds. The normalized spacial score (nSPS) is 15.0. The molecule has 4 N–H and O–H groups in total. The zero-order valence-electron chi connectivity index (χ0n) is 12.0. The Kier molecular flexibility index (Phi) is 4.57. The lowest BCUT2D eigenvalue weighted by Gasteiger charge is -2.29. The van der Waals surface area contributed by atoms with E-state index in [0.717, 1.165) is 12.1 Å². The third-order valence-electron chi connectivity index (χ3n) is 3.41. The molecule has 0 aliphatic heterocycles. The van der Waals surface area contributed by atoms with Crippen LogP contribution in [0.4, 0.5) is 13.2 Å². The monoisotopic (exact) mass is 305 g/mol. The lowest BCUT2D eigenvalue weighted by atomic mass is 9.86. The molecule has 1 atom stereocenters. The number of benzene rings is 1. The molecule has 1 unspecified atom stereocenters. The van der Waals surface area contributed by atoms with Crippen molar-refractivity contribution in [3.63, 3.8) is 0 Å². The second-order valence-electron chi connectivity index (χ2n) is 5.15. The van der Waals surface area contributed by atoms with Gasteiger partial charge in [-0.3, -0.25) is 4.79 Å². The molecule has 0 aliphatic carbocycles. The molecule has 4 nitrogen and oxygen atoms in total.